The van der Waals surface area contributed by atoms with E-state index < -0.39 is 6.10 Å². The Morgan fingerprint density at radius 3 is 1.36 bits per heavy atom. The zero-order chi connectivity index (χ0) is 30.8. The average molecular weight is 591 g/mol. The molecule has 1 N–H and O–H groups in total. The van der Waals surface area contributed by atoms with Crippen LogP contribution in [0.3, 0.4) is 0 Å². The molecule has 5 heteroatoms. The van der Waals surface area contributed by atoms with Gasteiger partial charge in [-0.05, 0) is 44.9 Å². The van der Waals surface area contributed by atoms with Gasteiger partial charge in [0.1, 0.15) is 19.3 Å². The normalized spacial score (nSPS) is 12.5. The van der Waals surface area contributed by atoms with E-state index in [-0.39, 0.29) is 25.2 Å². The standard InChI is InChI=1S/C37H66O5/c1-3-5-7-9-11-13-15-17-18-20-22-24-26-28-30-32-37(40)42-34-35(38)33-41-36(39)31-29-27-25-23-21-19-16-14-12-10-8-6-4-2/h5,7,11,13,17-18,35,38H,3-4,6,8-10,12,14-16,19-34H2,1-2H3/b7-5+,13-11+,18-17+. The fourth-order valence-electron chi connectivity index (χ4n) is 4.75. The van der Waals surface area contributed by atoms with Gasteiger partial charge in [0.25, 0.3) is 0 Å². The Labute approximate surface area is 259 Å². The molecule has 0 aromatic rings. The van der Waals surface area contributed by atoms with Gasteiger partial charge in [-0.25, -0.2) is 0 Å². The zero-order valence-corrected chi connectivity index (χ0v) is 27.5. The molecule has 42 heavy (non-hydrogen) atoms. The van der Waals surface area contributed by atoms with Crippen LogP contribution in [0.25, 0.3) is 0 Å². The largest absolute Gasteiger partial charge is 0.463 e. The van der Waals surface area contributed by atoms with Gasteiger partial charge < -0.3 is 14.6 Å². The second kappa shape index (κ2) is 33.6. The number of aliphatic hydroxyl groups excluding tert-OH is 1. The van der Waals surface area contributed by atoms with Crippen molar-refractivity contribution in [3.05, 3.63) is 36.5 Å². The summed E-state index contributed by atoms with van der Waals surface area (Å²) in [5.74, 6) is -0.584. The third kappa shape index (κ3) is 32.6. The van der Waals surface area contributed by atoms with Crippen LogP contribution < -0.4 is 0 Å². The Morgan fingerprint density at radius 1 is 0.524 bits per heavy atom. The van der Waals surface area contributed by atoms with E-state index in [0.29, 0.717) is 12.8 Å². The summed E-state index contributed by atoms with van der Waals surface area (Å²) in [6.45, 7) is 4.16. The average Bonchev–Trinajstić information content (AvgIpc) is 2.99. The van der Waals surface area contributed by atoms with Gasteiger partial charge in [0.2, 0.25) is 0 Å². The van der Waals surface area contributed by atoms with Crippen LogP contribution in [-0.2, 0) is 19.1 Å². The first kappa shape index (κ1) is 40.1. The third-order valence-electron chi connectivity index (χ3n) is 7.39. The number of aliphatic hydroxyl groups is 1. The summed E-state index contributed by atoms with van der Waals surface area (Å²) in [4.78, 5) is 23.8. The summed E-state index contributed by atoms with van der Waals surface area (Å²) in [5.41, 5.74) is 0. The van der Waals surface area contributed by atoms with Gasteiger partial charge in [0, 0.05) is 12.8 Å². The van der Waals surface area contributed by atoms with Gasteiger partial charge in [-0.1, -0.05) is 147 Å². The van der Waals surface area contributed by atoms with Crippen molar-refractivity contribution >= 4 is 11.9 Å². The minimum absolute atomic E-state index is 0.119. The fourth-order valence-corrected chi connectivity index (χ4v) is 4.75. The van der Waals surface area contributed by atoms with Crippen molar-refractivity contribution in [1.29, 1.82) is 0 Å². The molecule has 0 aromatic heterocycles. The van der Waals surface area contributed by atoms with Crippen molar-refractivity contribution in [3.63, 3.8) is 0 Å². The Bertz CT molecular complexity index is 682. The number of rotatable bonds is 31. The van der Waals surface area contributed by atoms with Crippen molar-refractivity contribution in [1.82, 2.24) is 0 Å². The number of unbranched alkanes of at least 4 members (excludes halogenated alkanes) is 17. The Kier molecular flexibility index (Phi) is 32.1. The molecule has 0 radical (unpaired) electrons. The quantitative estimate of drug-likeness (QED) is 0.0494. The van der Waals surface area contributed by atoms with E-state index in [4.69, 9.17) is 9.47 Å². The van der Waals surface area contributed by atoms with Crippen LogP contribution in [0.15, 0.2) is 36.5 Å². The lowest BCUT2D eigenvalue weighted by molar-refractivity contribution is -0.152. The Hall–Kier alpha value is -1.88. The van der Waals surface area contributed by atoms with E-state index in [0.717, 1.165) is 64.2 Å². The van der Waals surface area contributed by atoms with Crippen LogP contribution >= 0.6 is 0 Å². The third-order valence-corrected chi connectivity index (χ3v) is 7.39. The van der Waals surface area contributed by atoms with Gasteiger partial charge in [0.15, 0.2) is 0 Å². The van der Waals surface area contributed by atoms with Crippen LogP contribution in [-0.4, -0.2) is 36.4 Å². The first-order valence-electron chi connectivity index (χ1n) is 17.5. The molecule has 1 unspecified atom stereocenters. The molecular weight excluding hydrogens is 524 g/mol. The second-order valence-corrected chi connectivity index (χ2v) is 11.6. The van der Waals surface area contributed by atoms with Crippen molar-refractivity contribution < 1.29 is 24.2 Å². The summed E-state index contributed by atoms with van der Waals surface area (Å²) in [6.07, 6.45) is 39.0. The smallest absolute Gasteiger partial charge is 0.305 e. The number of hydrogen-bond acceptors (Lipinski definition) is 5. The molecule has 0 aliphatic rings. The maximum Gasteiger partial charge on any atom is 0.305 e. The number of allylic oxidation sites excluding steroid dienone is 6. The lowest BCUT2D eigenvalue weighted by atomic mass is 10.0. The summed E-state index contributed by atoms with van der Waals surface area (Å²) >= 11 is 0. The van der Waals surface area contributed by atoms with Crippen LogP contribution in [0, 0.1) is 0 Å². The number of ether oxygens (including phenoxy) is 2. The molecule has 0 fully saturated rings. The molecular formula is C37H66O5. The predicted molar refractivity (Wildman–Crippen MR) is 178 cm³/mol. The summed E-state index contributed by atoms with van der Waals surface area (Å²) in [5, 5.41) is 9.97. The second-order valence-electron chi connectivity index (χ2n) is 11.6. The summed E-state index contributed by atoms with van der Waals surface area (Å²) in [6, 6.07) is 0. The van der Waals surface area contributed by atoms with Crippen molar-refractivity contribution in [2.75, 3.05) is 13.2 Å². The predicted octanol–water partition coefficient (Wildman–Crippen LogP) is 10.5. The molecule has 0 heterocycles. The summed E-state index contributed by atoms with van der Waals surface area (Å²) < 4.78 is 10.3. The molecule has 0 rings (SSSR count). The number of esters is 2. The first-order chi connectivity index (χ1) is 20.6. The van der Waals surface area contributed by atoms with E-state index in [1.165, 1.54) is 77.0 Å². The number of carbonyl (C=O) groups excluding carboxylic acids is 2. The van der Waals surface area contributed by atoms with Gasteiger partial charge in [0.05, 0.1) is 0 Å². The van der Waals surface area contributed by atoms with Crippen molar-refractivity contribution in [2.45, 2.75) is 174 Å². The van der Waals surface area contributed by atoms with E-state index in [2.05, 4.69) is 50.3 Å². The molecule has 0 aromatic carbocycles. The van der Waals surface area contributed by atoms with Gasteiger partial charge in [-0.3, -0.25) is 9.59 Å². The molecule has 0 spiro atoms. The highest BCUT2D eigenvalue weighted by Crippen LogP contribution is 2.13. The highest BCUT2D eigenvalue weighted by atomic mass is 16.6. The first-order valence-corrected chi connectivity index (χ1v) is 17.5. The lowest BCUT2D eigenvalue weighted by Gasteiger charge is -2.12. The molecule has 0 aliphatic carbocycles. The minimum atomic E-state index is -0.967. The van der Waals surface area contributed by atoms with Crippen LogP contribution in [0.4, 0.5) is 0 Å². The van der Waals surface area contributed by atoms with E-state index in [1.807, 2.05) is 0 Å². The van der Waals surface area contributed by atoms with Crippen molar-refractivity contribution in [3.8, 4) is 0 Å². The molecule has 0 bridgehead atoms. The molecule has 244 valence electrons. The topological polar surface area (TPSA) is 72.8 Å². The SMILES string of the molecule is CC/C=C/C/C=C/C/C=C/CCCCCCCC(=O)OCC(O)COC(=O)CCCCCCCCCCCCCCC. The maximum atomic E-state index is 11.9. The van der Waals surface area contributed by atoms with Crippen LogP contribution in [0.5, 0.6) is 0 Å². The molecule has 1 atom stereocenters. The van der Waals surface area contributed by atoms with Gasteiger partial charge >= 0.3 is 11.9 Å². The number of hydrogen-bond donors (Lipinski definition) is 1. The van der Waals surface area contributed by atoms with Gasteiger partial charge in [-0.2, -0.15) is 0 Å². The minimum Gasteiger partial charge on any atom is -0.463 e. The van der Waals surface area contributed by atoms with Crippen molar-refractivity contribution in [2.24, 2.45) is 0 Å². The molecule has 0 saturated carbocycles. The lowest BCUT2D eigenvalue weighted by Crippen LogP contribution is -2.25. The zero-order valence-electron chi connectivity index (χ0n) is 27.5. The molecule has 0 aliphatic heterocycles. The van der Waals surface area contributed by atoms with E-state index >= 15 is 0 Å². The van der Waals surface area contributed by atoms with Crippen LogP contribution in [0.2, 0.25) is 0 Å². The fraction of sp³-hybridized carbons (Fsp3) is 0.784. The highest BCUT2D eigenvalue weighted by Gasteiger charge is 2.12. The molecule has 0 saturated heterocycles. The molecule has 5 nitrogen and oxygen atoms in total. The van der Waals surface area contributed by atoms with Crippen LogP contribution in [0.1, 0.15) is 168 Å². The number of carbonyl (C=O) groups is 2. The monoisotopic (exact) mass is 590 g/mol. The highest BCUT2D eigenvalue weighted by molar-refractivity contribution is 5.69. The Morgan fingerprint density at radius 2 is 0.905 bits per heavy atom. The Balaban J connectivity index is 3.47. The summed E-state index contributed by atoms with van der Waals surface area (Å²) in [7, 11) is 0. The van der Waals surface area contributed by atoms with E-state index in [1.54, 1.807) is 0 Å². The maximum absolute atomic E-state index is 11.9. The van der Waals surface area contributed by atoms with Gasteiger partial charge in [-0.15, -0.1) is 0 Å². The van der Waals surface area contributed by atoms with E-state index in [9.17, 15) is 14.7 Å². The molecule has 0 amide bonds.